The lowest BCUT2D eigenvalue weighted by Crippen LogP contribution is -2.15. The Morgan fingerprint density at radius 3 is 2.22 bits per heavy atom. The molecule has 11 heteroatoms. The predicted molar refractivity (Wildman–Crippen MR) is 80.1 cm³/mol. The molecule has 0 bridgehead atoms. The van der Waals surface area contributed by atoms with Crippen LogP contribution in [0.5, 0.6) is 0 Å². The maximum atomic E-state index is 12.9. The molecule has 0 saturated carbocycles. The second-order valence-electron chi connectivity index (χ2n) is 5.12. The van der Waals surface area contributed by atoms with Crippen LogP contribution in [0, 0.1) is 11.3 Å². The van der Waals surface area contributed by atoms with Crippen molar-refractivity contribution >= 4 is 12.1 Å². The third-order valence-corrected chi connectivity index (χ3v) is 3.12. The van der Waals surface area contributed by atoms with Gasteiger partial charge in [0, 0.05) is 5.56 Å². The first kappa shape index (κ1) is 20.0. The van der Waals surface area contributed by atoms with Gasteiger partial charge in [0.15, 0.2) is 0 Å². The Labute approximate surface area is 147 Å². The quantitative estimate of drug-likeness (QED) is 0.480. The van der Waals surface area contributed by atoms with Crippen LogP contribution in [-0.4, -0.2) is 12.1 Å². The third kappa shape index (κ3) is 5.34. The van der Waals surface area contributed by atoms with Crippen molar-refractivity contribution in [3.05, 3.63) is 47.2 Å². The minimum atomic E-state index is -4.97. The molecule has 142 valence electrons. The summed E-state index contributed by atoms with van der Waals surface area (Å²) in [7, 11) is 0. The van der Waals surface area contributed by atoms with E-state index in [0.717, 1.165) is 12.3 Å². The molecule has 27 heavy (non-hydrogen) atoms. The van der Waals surface area contributed by atoms with Crippen molar-refractivity contribution in [3.8, 4) is 17.4 Å². The molecule has 2 aromatic rings. The molecule has 0 aliphatic heterocycles. The predicted octanol–water partition coefficient (Wildman–Crippen LogP) is 4.35. The lowest BCUT2D eigenvalue weighted by molar-refractivity contribution is -0.143. The number of nitriles is 1. The van der Waals surface area contributed by atoms with Crippen molar-refractivity contribution in [1.29, 1.82) is 5.26 Å². The number of benzene rings is 1. The van der Waals surface area contributed by atoms with Crippen LogP contribution in [0.15, 0.2) is 39.9 Å². The SMILES string of the molecule is N#CCC(=O)N/N=C\c1ccc(-c2cc(C(F)(F)F)cc(C(F)(F)F)c2)o1. The summed E-state index contributed by atoms with van der Waals surface area (Å²) in [6, 6.07) is 5.06. The zero-order valence-corrected chi connectivity index (χ0v) is 13.1. The van der Waals surface area contributed by atoms with Crippen molar-refractivity contribution in [2.75, 3.05) is 0 Å². The van der Waals surface area contributed by atoms with Crippen LogP contribution in [0.1, 0.15) is 23.3 Å². The average Bonchev–Trinajstić information content (AvgIpc) is 3.02. The number of nitrogens with zero attached hydrogens (tertiary/aromatic N) is 2. The van der Waals surface area contributed by atoms with Gasteiger partial charge in [0.25, 0.3) is 5.91 Å². The minimum Gasteiger partial charge on any atom is -0.455 e. The molecule has 0 spiro atoms. The summed E-state index contributed by atoms with van der Waals surface area (Å²) in [5.74, 6) is -0.988. The van der Waals surface area contributed by atoms with Crippen molar-refractivity contribution in [3.63, 3.8) is 0 Å². The van der Waals surface area contributed by atoms with Crippen molar-refractivity contribution in [1.82, 2.24) is 5.43 Å². The Kier molecular flexibility index (Phi) is 5.58. The van der Waals surface area contributed by atoms with Gasteiger partial charge in [0.1, 0.15) is 17.9 Å². The molecule has 1 aromatic heterocycles. The average molecular weight is 389 g/mol. The van der Waals surface area contributed by atoms with Crippen LogP contribution >= 0.6 is 0 Å². The van der Waals surface area contributed by atoms with Crippen LogP contribution in [0.25, 0.3) is 11.3 Å². The number of nitrogens with one attached hydrogen (secondary N) is 1. The number of hydrazone groups is 1. The first-order valence-corrected chi connectivity index (χ1v) is 7.09. The van der Waals surface area contributed by atoms with Gasteiger partial charge in [-0.2, -0.15) is 36.7 Å². The number of carbonyl (C=O) groups excluding carboxylic acids is 1. The molecule has 0 radical (unpaired) electrons. The highest BCUT2D eigenvalue weighted by molar-refractivity contribution is 5.82. The number of hydrogen-bond donors (Lipinski definition) is 1. The Morgan fingerprint density at radius 2 is 1.70 bits per heavy atom. The van der Waals surface area contributed by atoms with Gasteiger partial charge in [-0.1, -0.05) is 0 Å². The number of hydrogen-bond acceptors (Lipinski definition) is 4. The van der Waals surface area contributed by atoms with E-state index in [1.807, 2.05) is 5.43 Å². The van der Waals surface area contributed by atoms with Crippen molar-refractivity contribution in [2.24, 2.45) is 5.10 Å². The molecule has 0 aliphatic rings. The number of furan rings is 1. The standard InChI is InChI=1S/C16H9F6N3O2/c17-15(18,19)10-5-9(6-11(7-10)16(20,21)22)13-2-1-12(27-13)8-24-25-14(26)3-4-23/h1-2,5-8H,3H2,(H,25,26)/b24-8-. The fraction of sp³-hybridized carbons (Fsp3) is 0.188. The van der Waals surface area contributed by atoms with Crippen molar-refractivity contribution in [2.45, 2.75) is 18.8 Å². The van der Waals surface area contributed by atoms with E-state index in [4.69, 9.17) is 9.68 Å². The Bertz CT molecular complexity index is 874. The highest BCUT2D eigenvalue weighted by atomic mass is 19.4. The fourth-order valence-corrected chi connectivity index (χ4v) is 1.95. The number of halogens is 6. The van der Waals surface area contributed by atoms with Gasteiger partial charge in [-0.15, -0.1) is 0 Å². The highest BCUT2D eigenvalue weighted by Gasteiger charge is 2.37. The monoisotopic (exact) mass is 389 g/mol. The molecule has 0 aliphatic carbocycles. The maximum Gasteiger partial charge on any atom is 0.416 e. The van der Waals surface area contributed by atoms with Gasteiger partial charge in [0.2, 0.25) is 0 Å². The third-order valence-electron chi connectivity index (χ3n) is 3.12. The molecule has 0 fully saturated rings. The molecule has 1 amide bonds. The van der Waals surface area contributed by atoms with Crippen LogP contribution in [0.4, 0.5) is 26.3 Å². The van der Waals surface area contributed by atoms with E-state index in [9.17, 15) is 31.1 Å². The molecule has 1 aromatic carbocycles. The van der Waals surface area contributed by atoms with E-state index in [2.05, 4.69) is 5.10 Å². The maximum absolute atomic E-state index is 12.9. The van der Waals surface area contributed by atoms with E-state index >= 15 is 0 Å². The summed E-state index contributed by atoms with van der Waals surface area (Å²) in [6.07, 6.45) is -9.40. The smallest absolute Gasteiger partial charge is 0.416 e. The van der Waals surface area contributed by atoms with Crippen LogP contribution < -0.4 is 5.43 Å². The Morgan fingerprint density at radius 1 is 1.11 bits per heavy atom. The molecule has 5 nitrogen and oxygen atoms in total. The highest BCUT2D eigenvalue weighted by Crippen LogP contribution is 2.38. The fourth-order valence-electron chi connectivity index (χ4n) is 1.95. The summed E-state index contributed by atoms with van der Waals surface area (Å²) in [6.45, 7) is 0. The van der Waals surface area contributed by atoms with Crippen LogP contribution in [0.2, 0.25) is 0 Å². The van der Waals surface area contributed by atoms with Gasteiger partial charge in [0.05, 0.1) is 23.4 Å². The first-order chi connectivity index (χ1) is 12.5. The van der Waals surface area contributed by atoms with Crippen LogP contribution in [0.3, 0.4) is 0 Å². The molecule has 1 N–H and O–H groups in total. The lowest BCUT2D eigenvalue weighted by atomic mass is 10.0. The summed E-state index contributed by atoms with van der Waals surface area (Å²) in [5, 5.41) is 11.8. The van der Waals surface area contributed by atoms with E-state index in [1.54, 1.807) is 6.07 Å². The summed E-state index contributed by atoms with van der Waals surface area (Å²) < 4.78 is 82.4. The summed E-state index contributed by atoms with van der Waals surface area (Å²) in [4.78, 5) is 11.0. The number of rotatable bonds is 4. The van der Waals surface area contributed by atoms with E-state index < -0.39 is 41.4 Å². The topological polar surface area (TPSA) is 78.4 Å². The lowest BCUT2D eigenvalue weighted by Gasteiger charge is -2.13. The number of carbonyl (C=O) groups is 1. The normalized spacial score (nSPS) is 12.2. The van der Waals surface area contributed by atoms with E-state index in [1.165, 1.54) is 6.07 Å². The van der Waals surface area contributed by atoms with E-state index in [-0.39, 0.29) is 17.6 Å². The first-order valence-electron chi connectivity index (χ1n) is 7.09. The molecule has 1 heterocycles. The van der Waals surface area contributed by atoms with Gasteiger partial charge >= 0.3 is 12.4 Å². The van der Waals surface area contributed by atoms with Crippen molar-refractivity contribution < 1.29 is 35.6 Å². The summed E-state index contributed by atoms with van der Waals surface area (Å²) >= 11 is 0. The van der Waals surface area contributed by atoms with Gasteiger partial charge in [-0.3, -0.25) is 4.79 Å². The van der Waals surface area contributed by atoms with Gasteiger partial charge < -0.3 is 4.42 Å². The van der Waals surface area contributed by atoms with E-state index in [0.29, 0.717) is 12.1 Å². The minimum absolute atomic E-state index is 0.0134. The van der Waals surface area contributed by atoms with Crippen LogP contribution in [-0.2, 0) is 17.1 Å². The second-order valence-corrected chi connectivity index (χ2v) is 5.12. The van der Waals surface area contributed by atoms with Gasteiger partial charge in [-0.05, 0) is 30.3 Å². The Hall–Kier alpha value is -3.29. The molecule has 2 rings (SSSR count). The Balaban J connectivity index is 2.33. The number of amides is 1. The molecule has 0 atom stereocenters. The largest absolute Gasteiger partial charge is 0.455 e. The molecule has 0 saturated heterocycles. The molecular formula is C16H9F6N3O2. The second kappa shape index (κ2) is 7.53. The molecular weight excluding hydrogens is 380 g/mol. The zero-order chi connectivity index (χ0) is 20.2. The number of alkyl halides is 6. The molecule has 0 unspecified atom stereocenters. The zero-order valence-electron chi connectivity index (χ0n) is 13.1. The summed E-state index contributed by atoms with van der Waals surface area (Å²) in [5.41, 5.74) is -1.38. The van der Waals surface area contributed by atoms with Gasteiger partial charge in [-0.25, -0.2) is 5.43 Å².